The van der Waals surface area contributed by atoms with Crippen LogP contribution in [-0.4, -0.2) is 22.8 Å². The van der Waals surface area contributed by atoms with Crippen LogP contribution in [0.25, 0.3) is 0 Å². The van der Waals surface area contributed by atoms with Gasteiger partial charge in [-0.2, -0.15) is 0 Å². The van der Waals surface area contributed by atoms with Gasteiger partial charge in [-0.05, 0) is 42.3 Å². The second-order valence-corrected chi connectivity index (χ2v) is 6.57. The first-order chi connectivity index (χ1) is 13.5. The lowest BCUT2D eigenvalue weighted by Gasteiger charge is -2.19. The van der Waals surface area contributed by atoms with Crippen molar-refractivity contribution in [3.63, 3.8) is 0 Å². The Morgan fingerprint density at radius 3 is 2.39 bits per heavy atom. The lowest BCUT2D eigenvalue weighted by Crippen LogP contribution is -2.26. The minimum absolute atomic E-state index is 0.140. The molecule has 0 unspecified atom stereocenters. The summed E-state index contributed by atoms with van der Waals surface area (Å²) < 4.78 is 0. The number of para-hydroxylation sites is 1. The van der Waals surface area contributed by atoms with E-state index in [0.717, 1.165) is 16.8 Å². The van der Waals surface area contributed by atoms with Crippen molar-refractivity contribution in [2.45, 2.75) is 13.5 Å². The second kappa shape index (κ2) is 8.35. The highest BCUT2D eigenvalue weighted by atomic mass is 16.6. The predicted molar refractivity (Wildman–Crippen MR) is 110 cm³/mol. The van der Waals surface area contributed by atoms with Gasteiger partial charge in [0.05, 0.1) is 4.92 Å². The van der Waals surface area contributed by atoms with Gasteiger partial charge in [-0.3, -0.25) is 14.9 Å². The number of carbonyl (C=O) groups is 1. The molecule has 3 rings (SSSR count). The maximum atomic E-state index is 12.8. The van der Waals surface area contributed by atoms with Crippen molar-refractivity contribution in [2.75, 3.05) is 12.4 Å². The van der Waals surface area contributed by atoms with Crippen LogP contribution in [0, 0.1) is 17.0 Å². The smallest absolute Gasteiger partial charge is 0.293 e. The normalized spacial score (nSPS) is 10.4. The molecule has 28 heavy (non-hydrogen) atoms. The summed E-state index contributed by atoms with van der Waals surface area (Å²) in [5.74, 6) is -0.266. The van der Waals surface area contributed by atoms with Crippen LogP contribution in [0.15, 0.2) is 72.8 Å². The third-order valence-corrected chi connectivity index (χ3v) is 4.51. The molecule has 1 amide bonds. The lowest BCUT2D eigenvalue weighted by molar-refractivity contribution is -0.383. The Bertz CT molecular complexity index is 1000. The first-order valence-electron chi connectivity index (χ1n) is 8.86. The SMILES string of the molecule is Cc1ccccc1CN(C)C(=O)c1ccc(Nc2ccccc2)c([N+](=O)[O-])c1. The van der Waals surface area contributed by atoms with Crippen LogP contribution in [-0.2, 0) is 6.54 Å². The van der Waals surface area contributed by atoms with E-state index in [4.69, 9.17) is 0 Å². The summed E-state index contributed by atoms with van der Waals surface area (Å²) in [6, 6.07) is 21.5. The van der Waals surface area contributed by atoms with E-state index in [1.165, 1.54) is 6.07 Å². The molecule has 0 atom stereocenters. The quantitative estimate of drug-likeness (QED) is 0.490. The monoisotopic (exact) mass is 375 g/mol. The lowest BCUT2D eigenvalue weighted by atomic mass is 10.1. The van der Waals surface area contributed by atoms with Crippen molar-refractivity contribution >= 4 is 23.0 Å². The third-order valence-electron chi connectivity index (χ3n) is 4.51. The van der Waals surface area contributed by atoms with Gasteiger partial charge in [0.25, 0.3) is 11.6 Å². The molecule has 0 radical (unpaired) electrons. The minimum Gasteiger partial charge on any atom is -0.350 e. The van der Waals surface area contributed by atoms with Crippen molar-refractivity contribution < 1.29 is 9.72 Å². The fraction of sp³-hybridized carbons (Fsp3) is 0.136. The van der Waals surface area contributed by atoms with Gasteiger partial charge in [0.2, 0.25) is 0 Å². The number of carbonyl (C=O) groups excluding carboxylic acids is 1. The molecule has 0 saturated heterocycles. The van der Waals surface area contributed by atoms with Gasteiger partial charge in [-0.25, -0.2) is 0 Å². The van der Waals surface area contributed by atoms with Crippen molar-refractivity contribution in [3.05, 3.63) is 99.6 Å². The van der Waals surface area contributed by atoms with Gasteiger partial charge in [0.1, 0.15) is 5.69 Å². The minimum atomic E-state index is -0.483. The summed E-state index contributed by atoms with van der Waals surface area (Å²) in [5, 5.41) is 14.6. The van der Waals surface area contributed by atoms with Crippen molar-refractivity contribution in [1.29, 1.82) is 0 Å². The molecule has 6 nitrogen and oxygen atoms in total. The Balaban J connectivity index is 1.83. The van der Waals surface area contributed by atoms with E-state index >= 15 is 0 Å². The first kappa shape index (κ1) is 19.1. The molecule has 0 aliphatic carbocycles. The van der Waals surface area contributed by atoms with Crippen LogP contribution >= 0.6 is 0 Å². The molecule has 0 aromatic heterocycles. The van der Waals surface area contributed by atoms with Crippen molar-refractivity contribution in [1.82, 2.24) is 4.90 Å². The summed E-state index contributed by atoms with van der Waals surface area (Å²) in [4.78, 5) is 25.4. The molecule has 0 aliphatic rings. The van der Waals surface area contributed by atoms with E-state index < -0.39 is 4.92 Å². The van der Waals surface area contributed by atoms with E-state index in [1.807, 2.05) is 61.5 Å². The number of benzene rings is 3. The Hall–Kier alpha value is -3.67. The topological polar surface area (TPSA) is 75.5 Å². The highest BCUT2D eigenvalue weighted by Gasteiger charge is 2.20. The van der Waals surface area contributed by atoms with Crippen LogP contribution in [0.5, 0.6) is 0 Å². The van der Waals surface area contributed by atoms with Crippen molar-refractivity contribution in [3.8, 4) is 0 Å². The maximum Gasteiger partial charge on any atom is 0.293 e. The first-order valence-corrected chi connectivity index (χ1v) is 8.86. The second-order valence-electron chi connectivity index (χ2n) is 6.57. The molecule has 3 aromatic carbocycles. The molecule has 0 spiro atoms. The molecule has 1 N–H and O–H groups in total. The van der Waals surface area contributed by atoms with Crippen LogP contribution in [0.1, 0.15) is 21.5 Å². The summed E-state index contributed by atoms with van der Waals surface area (Å²) >= 11 is 0. The van der Waals surface area contributed by atoms with E-state index in [-0.39, 0.29) is 17.2 Å². The fourth-order valence-corrected chi connectivity index (χ4v) is 2.93. The molecule has 0 fully saturated rings. The number of nitro benzene ring substituents is 1. The van der Waals surface area contributed by atoms with E-state index in [2.05, 4.69) is 5.32 Å². The molecule has 0 bridgehead atoms. The number of nitrogens with one attached hydrogen (secondary N) is 1. The highest BCUT2D eigenvalue weighted by molar-refractivity contribution is 5.95. The predicted octanol–water partition coefficient (Wildman–Crippen LogP) is 4.92. The number of hydrogen-bond acceptors (Lipinski definition) is 4. The van der Waals surface area contributed by atoms with Gasteiger partial charge in [-0.15, -0.1) is 0 Å². The van der Waals surface area contributed by atoms with Crippen LogP contribution in [0.3, 0.4) is 0 Å². The Labute approximate surface area is 163 Å². The van der Waals surface area contributed by atoms with E-state index in [9.17, 15) is 14.9 Å². The average molecular weight is 375 g/mol. The molecular weight excluding hydrogens is 354 g/mol. The van der Waals surface area contributed by atoms with Gasteiger partial charge in [-0.1, -0.05) is 42.5 Å². The van der Waals surface area contributed by atoms with Gasteiger partial charge < -0.3 is 10.2 Å². The molecule has 142 valence electrons. The van der Waals surface area contributed by atoms with Crippen LogP contribution in [0.2, 0.25) is 0 Å². The number of anilines is 2. The number of nitro groups is 1. The number of aryl methyl sites for hydroxylation is 1. The molecule has 0 heterocycles. The van der Waals surface area contributed by atoms with Crippen LogP contribution in [0.4, 0.5) is 17.1 Å². The fourth-order valence-electron chi connectivity index (χ4n) is 2.93. The van der Waals surface area contributed by atoms with Gasteiger partial charge >= 0.3 is 0 Å². The van der Waals surface area contributed by atoms with Crippen molar-refractivity contribution in [2.24, 2.45) is 0 Å². The molecule has 3 aromatic rings. The number of nitrogens with zero attached hydrogens (tertiary/aromatic N) is 2. The van der Waals surface area contributed by atoms with Crippen LogP contribution < -0.4 is 5.32 Å². The van der Waals surface area contributed by atoms with Gasteiger partial charge in [0.15, 0.2) is 0 Å². The van der Waals surface area contributed by atoms with E-state index in [1.54, 1.807) is 24.1 Å². The number of hydrogen-bond donors (Lipinski definition) is 1. The Morgan fingerprint density at radius 1 is 1.04 bits per heavy atom. The molecule has 0 aliphatic heterocycles. The zero-order valence-electron chi connectivity index (χ0n) is 15.8. The summed E-state index contributed by atoms with van der Waals surface area (Å²) in [6.07, 6.45) is 0. The standard InChI is InChI=1S/C22H21N3O3/c1-16-8-6-7-9-18(16)15-24(2)22(26)17-12-13-20(21(14-17)25(27)28)23-19-10-4-3-5-11-19/h3-14,23H,15H2,1-2H3. The Kier molecular flexibility index (Phi) is 5.69. The third kappa shape index (κ3) is 4.35. The zero-order valence-corrected chi connectivity index (χ0v) is 15.8. The van der Waals surface area contributed by atoms with E-state index in [0.29, 0.717) is 12.2 Å². The number of rotatable bonds is 6. The summed E-state index contributed by atoms with van der Waals surface area (Å²) in [7, 11) is 1.69. The summed E-state index contributed by atoms with van der Waals surface area (Å²) in [6.45, 7) is 2.42. The highest BCUT2D eigenvalue weighted by Crippen LogP contribution is 2.29. The molecular formula is C22H21N3O3. The zero-order chi connectivity index (χ0) is 20.1. The molecule has 0 saturated carbocycles. The van der Waals surface area contributed by atoms with Gasteiger partial charge in [0, 0.05) is 30.9 Å². The summed E-state index contributed by atoms with van der Waals surface area (Å²) in [5.41, 5.74) is 3.35. The molecule has 6 heteroatoms. The average Bonchev–Trinajstić information content (AvgIpc) is 2.70. The Morgan fingerprint density at radius 2 is 1.71 bits per heavy atom. The number of amides is 1. The largest absolute Gasteiger partial charge is 0.350 e. The maximum absolute atomic E-state index is 12.8.